The van der Waals surface area contributed by atoms with Crippen LogP contribution in [0.25, 0.3) is 0 Å². The number of rotatable bonds is 4. The molecule has 1 aromatic heterocycles. The molecule has 16 heavy (non-hydrogen) atoms. The first kappa shape index (κ1) is 13.4. The minimum atomic E-state index is -4.15. The van der Waals surface area contributed by atoms with Gasteiger partial charge >= 0.3 is 6.18 Å². The average molecular weight is 297 g/mol. The van der Waals surface area contributed by atoms with Crippen molar-refractivity contribution in [2.75, 3.05) is 7.05 Å². The quantitative estimate of drug-likeness (QED) is 0.924. The molecule has 1 atom stereocenters. The second kappa shape index (κ2) is 5.63. The summed E-state index contributed by atoms with van der Waals surface area (Å²) in [5.41, 5.74) is 0.645. The molecule has 1 rings (SSSR count). The highest BCUT2D eigenvalue weighted by atomic mass is 79.9. The summed E-state index contributed by atoms with van der Waals surface area (Å²) in [5.74, 6) is 0. The Labute approximate surface area is 100 Å². The van der Waals surface area contributed by atoms with E-state index >= 15 is 0 Å². The van der Waals surface area contributed by atoms with Crippen molar-refractivity contribution in [2.24, 2.45) is 0 Å². The molecule has 0 bridgehead atoms. The molecule has 0 fully saturated rings. The second-order valence-electron chi connectivity index (χ2n) is 3.48. The summed E-state index contributed by atoms with van der Waals surface area (Å²) in [6.45, 7) is 0. The minimum Gasteiger partial charge on any atom is -0.316 e. The molecule has 2 nitrogen and oxygen atoms in total. The molecule has 0 aliphatic rings. The summed E-state index contributed by atoms with van der Waals surface area (Å²) in [6.07, 6.45) is -3.15. The Morgan fingerprint density at radius 1 is 1.44 bits per heavy atom. The van der Waals surface area contributed by atoms with E-state index in [4.69, 9.17) is 0 Å². The Hall–Kier alpha value is -0.620. The van der Waals surface area contributed by atoms with Gasteiger partial charge in [0.05, 0.1) is 6.42 Å². The van der Waals surface area contributed by atoms with Gasteiger partial charge < -0.3 is 5.32 Å². The maximum Gasteiger partial charge on any atom is 0.390 e. The predicted molar refractivity (Wildman–Crippen MR) is 59.2 cm³/mol. The maximum atomic E-state index is 12.2. The van der Waals surface area contributed by atoms with Gasteiger partial charge in [0.15, 0.2) is 0 Å². The third kappa shape index (κ3) is 4.94. The molecule has 0 aliphatic heterocycles. The van der Waals surface area contributed by atoms with E-state index < -0.39 is 18.6 Å². The monoisotopic (exact) mass is 296 g/mol. The van der Waals surface area contributed by atoms with Crippen LogP contribution in [0.2, 0.25) is 0 Å². The molecular weight excluding hydrogens is 285 g/mol. The normalized spacial score (nSPS) is 13.8. The zero-order valence-corrected chi connectivity index (χ0v) is 10.3. The van der Waals surface area contributed by atoms with Crippen LogP contribution in [0.1, 0.15) is 12.1 Å². The van der Waals surface area contributed by atoms with Crippen LogP contribution in [0.15, 0.2) is 22.8 Å². The third-order valence-electron chi connectivity index (χ3n) is 2.13. The van der Waals surface area contributed by atoms with Crippen LogP contribution in [0.5, 0.6) is 0 Å². The summed E-state index contributed by atoms with van der Waals surface area (Å²) in [4.78, 5) is 4.04. The van der Waals surface area contributed by atoms with Crippen molar-refractivity contribution < 1.29 is 13.2 Å². The average Bonchev–Trinajstić information content (AvgIpc) is 2.18. The predicted octanol–water partition coefficient (Wildman–Crippen LogP) is 2.93. The lowest BCUT2D eigenvalue weighted by Crippen LogP contribution is -2.33. The van der Waals surface area contributed by atoms with Crippen LogP contribution in [0.4, 0.5) is 13.2 Å². The van der Waals surface area contributed by atoms with Crippen LogP contribution in [0.3, 0.4) is 0 Å². The van der Waals surface area contributed by atoms with E-state index in [1.807, 2.05) is 0 Å². The van der Waals surface area contributed by atoms with Crippen molar-refractivity contribution in [3.05, 3.63) is 28.5 Å². The topological polar surface area (TPSA) is 24.9 Å². The van der Waals surface area contributed by atoms with Gasteiger partial charge in [-0.05, 0) is 35.1 Å². The lowest BCUT2D eigenvalue weighted by molar-refractivity contribution is -0.139. The highest BCUT2D eigenvalue weighted by molar-refractivity contribution is 9.10. The first-order valence-electron chi connectivity index (χ1n) is 4.75. The molecule has 1 aromatic rings. The van der Waals surface area contributed by atoms with Gasteiger partial charge in [-0.1, -0.05) is 0 Å². The summed E-state index contributed by atoms with van der Waals surface area (Å²) in [7, 11) is 1.52. The summed E-state index contributed by atoms with van der Waals surface area (Å²) < 4.78 is 37.4. The first-order chi connectivity index (χ1) is 7.40. The van der Waals surface area contributed by atoms with Crippen molar-refractivity contribution in [2.45, 2.75) is 25.1 Å². The molecule has 0 aromatic carbocycles. The van der Waals surface area contributed by atoms with Gasteiger partial charge in [-0.25, -0.2) is 0 Å². The van der Waals surface area contributed by atoms with Gasteiger partial charge in [-0.15, -0.1) is 0 Å². The maximum absolute atomic E-state index is 12.2. The fourth-order valence-electron chi connectivity index (χ4n) is 1.34. The molecule has 0 aliphatic carbocycles. The smallest absolute Gasteiger partial charge is 0.316 e. The molecule has 1 heterocycles. The van der Waals surface area contributed by atoms with Gasteiger partial charge in [0.1, 0.15) is 0 Å². The third-order valence-corrected chi connectivity index (χ3v) is 2.60. The van der Waals surface area contributed by atoms with Crippen molar-refractivity contribution in [3.63, 3.8) is 0 Å². The van der Waals surface area contributed by atoms with Gasteiger partial charge in [-0.2, -0.15) is 13.2 Å². The number of hydrogen-bond donors (Lipinski definition) is 1. The van der Waals surface area contributed by atoms with Crippen LogP contribution < -0.4 is 5.32 Å². The van der Waals surface area contributed by atoms with E-state index in [2.05, 4.69) is 26.2 Å². The van der Waals surface area contributed by atoms with Crippen LogP contribution in [-0.2, 0) is 6.42 Å². The Bertz CT molecular complexity index is 324. The van der Waals surface area contributed by atoms with Crippen molar-refractivity contribution in [1.29, 1.82) is 0 Å². The van der Waals surface area contributed by atoms with E-state index in [0.717, 1.165) is 4.47 Å². The van der Waals surface area contributed by atoms with Gasteiger partial charge in [-0.3, -0.25) is 4.98 Å². The lowest BCUT2D eigenvalue weighted by Gasteiger charge is -2.17. The zero-order valence-electron chi connectivity index (χ0n) is 8.68. The van der Waals surface area contributed by atoms with Crippen molar-refractivity contribution >= 4 is 15.9 Å². The lowest BCUT2D eigenvalue weighted by atomic mass is 10.1. The van der Waals surface area contributed by atoms with Crippen LogP contribution in [-0.4, -0.2) is 24.2 Å². The fraction of sp³-hybridized carbons (Fsp3) is 0.500. The van der Waals surface area contributed by atoms with Gasteiger partial charge in [0, 0.05) is 28.8 Å². The molecule has 0 radical (unpaired) electrons. The summed E-state index contributed by atoms with van der Waals surface area (Å²) >= 11 is 3.22. The number of halogens is 4. The number of aromatic nitrogens is 1. The van der Waals surface area contributed by atoms with Crippen LogP contribution in [0, 0.1) is 0 Å². The Morgan fingerprint density at radius 2 is 2.12 bits per heavy atom. The molecule has 90 valence electrons. The minimum absolute atomic E-state index is 0.267. The zero-order chi connectivity index (χ0) is 12.2. The Morgan fingerprint density at radius 3 is 2.56 bits per heavy atom. The SMILES string of the molecule is CNC(Cc1ccc(Br)cn1)CC(F)(F)F. The molecule has 1 unspecified atom stereocenters. The molecule has 0 amide bonds. The van der Waals surface area contributed by atoms with E-state index in [1.165, 1.54) is 7.05 Å². The molecule has 0 spiro atoms. The van der Waals surface area contributed by atoms with Crippen molar-refractivity contribution in [1.82, 2.24) is 10.3 Å². The van der Waals surface area contributed by atoms with E-state index in [9.17, 15) is 13.2 Å². The number of likely N-dealkylation sites (N-methyl/N-ethyl adjacent to an activating group) is 1. The summed E-state index contributed by atoms with van der Waals surface area (Å²) in [6, 6.07) is 2.85. The largest absolute Gasteiger partial charge is 0.390 e. The second-order valence-corrected chi connectivity index (χ2v) is 4.39. The summed E-state index contributed by atoms with van der Waals surface area (Å²) in [5, 5.41) is 2.65. The Balaban J connectivity index is 2.60. The highest BCUT2D eigenvalue weighted by Crippen LogP contribution is 2.22. The van der Waals surface area contributed by atoms with Crippen molar-refractivity contribution in [3.8, 4) is 0 Å². The molecule has 6 heteroatoms. The molecule has 0 saturated heterocycles. The first-order valence-corrected chi connectivity index (χ1v) is 5.54. The number of hydrogen-bond acceptors (Lipinski definition) is 2. The molecule has 1 N–H and O–H groups in total. The fourth-order valence-corrected chi connectivity index (χ4v) is 1.57. The van der Waals surface area contributed by atoms with Gasteiger partial charge in [0.2, 0.25) is 0 Å². The number of nitrogens with zero attached hydrogens (tertiary/aromatic N) is 1. The van der Waals surface area contributed by atoms with E-state index in [1.54, 1.807) is 18.3 Å². The molecule has 0 saturated carbocycles. The van der Waals surface area contributed by atoms with Crippen LogP contribution >= 0.6 is 15.9 Å². The highest BCUT2D eigenvalue weighted by Gasteiger charge is 2.31. The number of alkyl halides is 3. The van der Waals surface area contributed by atoms with Gasteiger partial charge in [0.25, 0.3) is 0 Å². The van der Waals surface area contributed by atoms with E-state index in [-0.39, 0.29) is 6.42 Å². The van der Waals surface area contributed by atoms with E-state index in [0.29, 0.717) is 5.69 Å². The standard InChI is InChI=1S/C10H12BrF3N2/c1-15-9(5-10(12,13)14)4-8-3-2-7(11)6-16-8/h2-3,6,9,15H,4-5H2,1H3. The molecular formula is C10H12BrF3N2. The Kier molecular flexibility index (Phi) is 4.73. The number of nitrogens with one attached hydrogen (secondary N) is 1. The number of pyridine rings is 1.